The van der Waals surface area contributed by atoms with Gasteiger partial charge < -0.3 is 0 Å². The molecular formula is C40H48O11Se. The molecule has 1 unspecified atom stereocenters. The van der Waals surface area contributed by atoms with Gasteiger partial charge in [0.25, 0.3) is 0 Å². The Bertz CT molecular complexity index is 1600. The van der Waals surface area contributed by atoms with Crippen molar-refractivity contribution in [2.75, 3.05) is 20.3 Å². The monoisotopic (exact) mass is 784 g/mol. The van der Waals surface area contributed by atoms with Crippen molar-refractivity contribution in [2.24, 2.45) is 0 Å². The van der Waals surface area contributed by atoms with E-state index in [9.17, 15) is 0 Å². The van der Waals surface area contributed by atoms with Crippen LogP contribution in [0.5, 0.6) is 0 Å². The van der Waals surface area contributed by atoms with Crippen molar-refractivity contribution in [1.29, 1.82) is 0 Å². The van der Waals surface area contributed by atoms with E-state index in [1.165, 1.54) is 4.46 Å². The Balaban J connectivity index is 1.14. The SMILES string of the molecule is CO[C@H]1O[C@@H]2COC(c3ccccc3)O[C@H]2[C@H](OCc2ccccc2)[C@H]1O[C@H]1O[C@H]([C@H]2COC(C)(C)O2)[C@@H]2OC(C)(C)O[C@@H]2[C@@H]1[Se]c1ccccc1. The average molecular weight is 784 g/mol. The van der Waals surface area contributed by atoms with E-state index in [0.717, 1.165) is 11.1 Å². The van der Waals surface area contributed by atoms with Gasteiger partial charge in [-0.1, -0.05) is 0 Å². The second-order valence-electron chi connectivity index (χ2n) is 14.6. The Labute approximate surface area is 311 Å². The van der Waals surface area contributed by atoms with E-state index >= 15 is 0 Å². The first kappa shape index (κ1) is 36.7. The van der Waals surface area contributed by atoms with Crippen LogP contribution >= 0.6 is 0 Å². The molecule has 52 heavy (non-hydrogen) atoms. The van der Waals surface area contributed by atoms with Crippen molar-refractivity contribution in [3.8, 4) is 0 Å². The summed E-state index contributed by atoms with van der Waals surface area (Å²) < 4.78 is 73.5. The number of fused-ring (bicyclic) bond motifs is 2. The molecule has 3 aromatic rings. The molecule has 5 fully saturated rings. The predicted molar refractivity (Wildman–Crippen MR) is 189 cm³/mol. The number of hydrogen-bond donors (Lipinski definition) is 0. The number of rotatable bonds is 10. The van der Waals surface area contributed by atoms with E-state index in [1.807, 2.05) is 107 Å². The second-order valence-corrected chi connectivity index (χ2v) is 17.2. The summed E-state index contributed by atoms with van der Waals surface area (Å²) >= 11 is -0.148. The average Bonchev–Trinajstić information content (AvgIpc) is 3.69. The van der Waals surface area contributed by atoms with Crippen LogP contribution in [0, 0.1) is 0 Å². The van der Waals surface area contributed by atoms with E-state index < -0.39 is 73.2 Å². The van der Waals surface area contributed by atoms with E-state index in [1.54, 1.807) is 7.11 Å². The number of hydrogen-bond acceptors (Lipinski definition) is 11. The Kier molecular flexibility index (Phi) is 10.9. The van der Waals surface area contributed by atoms with Gasteiger partial charge in [0.1, 0.15) is 0 Å². The molecule has 5 aliphatic rings. The fraction of sp³-hybridized carbons (Fsp3) is 0.550. The molecule has 0 bridgehead atoms. The van der Waals surface area contributed by atoms with E-state index in [0.29, 0.717) is 19.8 Å². The van der Waals surface area contributed by atoms with Crippen molar-refractivity contribution in [1.82, 2.24) is 0 Å². The third-order valence-electron chi connectivity index (χ3n) is 9.95. The fourth-order valence-electron chi connectivity index (χ4n) is 7.63. The molecular weight excluding hydrogens is 735 g/mol. The molecule has 8 rings (SSSR count). The number of ether oxygens (including phenoxy) is 11. The number of benzene rings is 3. The molecule has 12 heteroatoms. The molecule has 0 radical (unpaired) electrons. The summed E-state index contributed by atoms with van der Waals surface area (Å²) in [6.07, 6.45) is -6.27. The van der Waals surface area contributed by atoms with Gasteiger partial charge in [-0.15, -0.1) is 0 Å². The van der Waals surface area contributed by atoms with E-state index in [4.69, 9.17) is 52.1 Å². The van der Waals surface area contributed by atoms with Crippen LogP contribution in [0.3, 0.4) is 0 Å². The number of methoxy groups -OCH3 is 1. The second kappa shape index (κ2) is 15.5. The zero-order chi connectivity index (χ0) is 35.9. The third-order valence-corrected chi connectivity index (χ3v) is 12.7. The molecule has 0 amide bonds. The molecule has 5 saturated heterocycles. The summed E-state index contributed by atoms with van der Waals surface area (Å²) in [6, 6.07) is 30.3. The van der Waals surface area contributed by atoms with Gasteiger partial charge in [0.2, 0.25) is 0 Å². The van der Waals surface area contributed by atoms with Crippen molar-refractivity contribution in [3.63, 3.8) is 0 Å². The zero-order valence-corrected chi connectivity index (χ0v) is 31.8. The molecule has 0 aromatic heterocycles. The van der Waals surface area contributed by atoms with Crippen LogP contribution in [0.2, 0.25) is 4.82 Å². The summed E-state index contributed by atoms with van der Waals surface area (Å²) in [5, 5.41) is 0. The van der Waals surface area contributed by atoms with Crippen LogP contribution in [0.15, 0.2) is 91.0 Å². The van der Waals surface area contributed by atoms with E-state index in [-0.39, 0.29) is 25.9 Å². The minimum absolute atomic E-state index is 0.148. The maximum atomic E-state index is 7.20. The Hall–Kier alpha value is -2.26. The van der Waals surface area contributed by atoms with Crippen LogP contribution in [-0.2, 0) is 58.7 Å². The molecule has 5 aliphatic heterocycles. The summed E-state index contributed by atoms with van der Waals surface area (Å²) in [4.78, 5) is -0.217. The van der Waals surface area contributed by atoms with Gasteiger partial charge in [-0.3, -0.25) is 0 Å². The van der Waals surface area contributed by atoms with Crippen molar-refractivity contribution >= 4 is 19.4 Å². The fourth-order valence-corrected chi connectivity index (χ4v) is 10.2. The zero-order valence-electron chi connectivity index (χ0n) is 30.1. The summed E-state index contributed by atoms with van der Waals surface area (Å²) in [5.74, 6) is -1.61. The van der Waals surface area contributed by atoms with Crippen LogP contribution in [-0.4, -0.2) is 108 Å². The molecule has 12 atom stereocenters. The van der Waals surface area contributed by atoms with Crippen molar-refractivity contribution in [3.05, 3.63) is 102 Å². The quantitative estimate of drug-likeness (QED) is 0.269. The Morgan fingerprint density at radius 1 is 0.654 bits per heavy atom. The molecule has 0 N–H and O–H groups in total. The van der Waals surface area contributed by atoms with Gasteiger partial charge in [-0.05, 0) is 0 Å². The van der Waals surface area contributed by atoms with Gasteiger partial charge in [0, 0.05) is 0 Å². The molecule has 0 aliphatic carbocycles. The van der Waals surface area contributed by atoms with Crippen molar-refractivity contribution < 1.29 is 52.1 Å². The van der Waals surface area contributed by atoms with E-state index in [2.05, 4.69) is 12.1 Å². The van der Waals surface area contributed by atoms with Gasteiger partial charge in [-0.2, -0.15) is 0 Å². The van der Waals surface area contributed by atoms with Gasteiger partial charge in [0.15, 0.2) is 0 Å². The van der Waals surface area contributed by atoms with Crippen LogP contribution < -0.4 is 4.46 Å². The van der Waals surface area contributed by atoms with Gasteiger partial charge in [-0.25, -0.2) is 0 Å². The molecule has 0 spiro atoms. The summed E-state index contributed by atoms with van der Waals surface area (Å²) in [6.45, 7) is 8.66. The molecule has 11 nitrogen and oxygen atoms in total. The molecule has 3 aromatic carbocycles. The van der Waals surface area contributed by atoms with Crippen LogP contribution in [0.1, 0.15) is 45.1 Å². The first-order valence-electron chi connectivity index (χ1n) is 18.0. The molecule has 280 valence electrons. The van der Waals surface area contributed by atoms with Gasteiger partial charge >= 0.3 is 312 Å². The maximum absolute atomic E-state index is 7.20. The summed E-state index contributed by atoms with van der Waals surface area (Å²) in [5.41, 5.74) is 1.93. The third kappa shape index (κ3) is 7.92. The topological polar surface area (TPSA) is 102 Å². The normalized spacial score (nSPS) is 38.0. The standard InChI is InChI=1S/C40H48O11Se/c1-39(2)44-23-28(49-39)30-32-33(51-40(3,4)50-32)35(52-26-19-13-8-14-20-26)38(47-30)48-34-31(42-21-24-15-9-6-10-16-24)29-27(45-37(34)41-5)22-43-36(46-29)25-17-11-7-12-18-25/h6-20,27-38H,21-23H2,1-5H3/t27-,28-,29-,30-,31+,32+,33+,34-,35+,36?,37+,38-/m1/s1. The predicted octanol–water partition coefficient (Wildman–Crippen LogP) is 4.66. The Morgan fingerprint density at radius 3 is 2.04 bits per heavy atom. The van der Waals surface area contributed by atoms with Crippen LogP contribution in [0.25, 0.3) is 0 Å². The van der Waals surface area contributed by atoms with Crippen molar-refractivity contribution in [2.45, 2.75) is 118 Å². The van der Waals surface area contributed by atoms with Crippen LogP contribution in [0.4, 0.5) is 0 Å². The molecule has 0 saturated carbocycles. The first-order chi connectivity index (χ1) is 25.2. The Morgan fingerprint density at radius 2 is 1.35 bits per heavy atom. The summed E-state index contributed by atoms with van der Waals surface area (Å²) in [7, 11) is 1.61. The molecule has 5 heterocycles. The first-order valence-corrected chi connectivity index (χ1v) is 19.9. The van der Waals surface area contributed by atoms with Gasteiger partial charge in [0.05, 0.1) is 0 Å². The minimum atomic E-state index is -0.841.